The van der Waals surface area contributed by atoms with Crippen LogP contribution in [0.15, 0.2) is 12.2 Å². The molecule has 11 heteroatoms. The summed E-state index contributed by atoms with van der Waals surface area (Å²) in [6.07, 6.45) is 21.2. The second kappa shape index (κ2) is 33.0. The number of rotatable bonds is 35. The van der Waals surface area contributed by atoms with E-state index in [4.69, 9.17) is 9.47 Å². The van der Waals surface area contributed by atoms with E-state index in [1.54, 1.807) is 0 Å². The van der Waals surface area contributed by atoms with Crippen molar-refractivity contribution in [3.05, 3.63) is 12.2 Å². The molecule has 0 aliphatic carbocycles. The van der Waals surface area contributed by atoms with Gasteiger partial charge in [0, 0.05) is 0 Å². The normalized spacial score (nSPS) is 22.9. The lowest BCUT2D eigenvalue weighted by Gasteiger charge is -2.40. The fourth-order valence-corrected chi connectivity index (χ4v) is 6.91. The van der Waals surface area contributed by atoms with E-state index in [1.165, 1.54) is 103 Å². The van der Waals surface area contributed by atoms with Crippen molar-refractivity contribution in [1.82, 2.24) is 5.32 Å². The fourth-order valence-electron chi connectivity index (χ4n) is 6.91. The van der Waals surface area contributed by atoms with Crippen molar-refractivity contribution in [3.8, 4) is 0 Å². The molecule has 0 aromatic heterocycles. The minimum atomic E-state index is -1.66. The summed E-state index contributed by atoms with van der Waals surface area (Å²) in [5.41, 5.74) is 0. The molecule has 11 nitrogen and oxygen atoms in total. The topological polar surface area (TPSA) is 189 Å². The zero-order chi connectivity index (χ0) is 39.1. The molecule has 1 fully saturated rings. The van der Waals surface area contributed by atoms with Crippen LogP contribution in [0.25, 0.3) is 0 Å². The van der Waals surface area contributed by atoms with Gasteiger partial charge in [-0.15, -0.1) is 0 Å². The Labute approximate surface area is 322 Å². The molecule has 0 aromatic carbocycles. The van der Waals surface area contributed by atoms with Gasteiger partial charge in [0.1, 0.15) is 36.6 Å². The molecule has 0 spiro atoms. The minimum absolute atomic E-state index is 0.258. The third-order valence-corrected chi connectivity index (χ3v) is 10.6. The van der Waals surface area contributed by atoms with Gasteiger partial charge < -0.3 is 50.5 Å². The van der Waals surface area contributed by atoms with E-state index in [0.29, 0.717) is 12.8 Å². The van der Waals surface area contributed by atoms with Gasteiger partial charge in [-0.05, 0) is 38.5 Å². The van der Waals surface area contributed by atoms with E-state index >= 15 is 0 Å². The molecule has 1 amide bonds. The average Bonchev–Trinajstić information content (AvgIpc) is 3.16. The average molecular weight is 760 g/mol. The highest BCUT2D eigenvalue weighted by Crippen LogP contribution is 2.23. The number of carbonyl (C=O) groups excluding carboxylic acids is 1. The van der Waals surface area contributed by atoms with Crippen molar-refractivity contribution in [3.63, 3.8) is 0 Å². The van der Waals surface area contributed by atoms with Gasteiger partial charge in [0.15, 0.2) is 6.29 Å². The van der Waals surface area contributed by atoms with Crippen LogP contribution in [0.3, 0.4) is 0 Å². The van der Waals surface area contributed by atoms with Gasteiger partial charge in [0.2, 0.25) is 5.91 Å². The van der Waals surface area contributed by atoms with Crippen LogP contribution in [0.4, 0.5) is 0 Å². The summed E-state index contributed by atoms with van der Waals surface area (Å²) in [5.74, 6) is -0.707. The van der Waals surface area contributed by atoms with Gasteiger partial charge in [0.25, 0.3) is 0 Å². The molecule has 1 aliphatic heterocycles. The molecule has 0 saturated carbocycles. The molecule has 0 bridgehead atoms. The predicted octanol–water partition coefficient (Wildman–Crippen LogP) is 6.11. The second-order valence-electron chi connectivity index (χ2n) is 15.4. The Balaban J connectivity index is 2.52. The summed E-state index contributed by atoms with van der Waals surface area (Å²) in [7, 11) is 0. The Morgan fingerprint density at radius 2 is 1.11 bits per heavy atom. The molecular weight excluding hydrogens is 678 g/mol. The smallest absolute Gasteiger partial charge is 0.249 e. The van der Waals surface area contributed by atoms with Crippen LogP contribution in [0.2, 0.25) is 0 Å². The molecule has 8 N–H and O–H groups in total. The van der Waals surface area contributed by atoms with Crippen molar-refractivity contribution in [2.45, 2.75) is 236 Å². The Hall–Kier alpha value is -1.15. The summed E-state index contributed by atoms with van der Waals surface area (Å²) >= 11 is 0. The van der Waals surface area contributed by atoms with Crippen LogP contribution in [0.5, 0.6) is 0 Å². The maximum Gasteiger partial charge on any atom is 0.249 e. The third-order valence-electron chi connectivity index (χ3n) is 10.6. The van der Waals surface area contributed by atoms with Crippen LogP contribution >= 0.6 is 0 Å². The molecule has 1 rings (SSSR count). The molecule has 1 aliphatic rings. The highest BCUT2D eigenvalue weighted by atomic mass is 16.7. The minimum Gasteiger partial charge on any atom is -0.394 e. The van der Waals surface area contributed by atoms with E-state index in [-0.39, 0.29) is 12.8 Å². The molecule has 9 atom stereocenters. The number of ether oxygens (including phenoxy) is 2. The Kier molecular flexibility index (Phi) is 31.1. The van der Waals surface area contributed by atoms with Crippen LogP contribution in [-0.2, 0) is 14.3 Å². The van der Waals surface area contributed by atoms with E-state index < -0.39 is 74.2 Å². The lowest BCUT2D eigenvalue weighted by molar-refractivity contribution is -0.303. The first-order chi connectivity index (χ1) is 25.7. The van der Waals surface area contributed by atoms with Gasteiger partial charge >= 0.3 is 0 Å². The molecule has 9 unspecified atom stereocenters. The zero-order valence-electron chi connectivity index (χ0n) is 33.5. The van der Waals surface area contributed by atoms with Crippen molar-refractivity contribution in [2.75, 3.05) is 13.2 Å². The van der Waals surface area contributed by atoms with Gasteiger partial charge in [-0.1, -0.05) is 154 Å². The zero-order valence-corrected chi connectivity index (χ0v) is 33.5. The molecule has 314 valence electrons. The van der Waals surface area contributed by atoms with Crippen LogP contribution in [0.1, 0.15) is 181 Å². The molecular formula is C42H81NO10. The number of carbonyl (C=O) groups is 1. The maximum atomic E-state index is 13.0. The Bertz CT molecular complexity index is 877. The van der Waals surface area contributed by atoms with Crippen LogP contribution in [0, 0.1) is 0 Å². The first-order valence-corrected chi connectivity index (χ1v) is 21.6. The lowest BCUT2D eigenvalue weighted by Crippen LogP contribution is -2.60. The van der Waals surface area contributed by atoms with E-state index in [9.17, 15) is 40.5 Å². The Morgan fingerprint density at radius 3 is 1.62 bits per heavy atom. The number of aliphatic hydroxyl groups excluding tert-OH is 7. The van der Waals surface area contributed by atoms with Gasteiger partial charge in [-0.25, -0.2) is 0 Å². The number of hydrogen-bond acceptors (Lipinski definition) is 10. The van der Waals surface area contributed by atoms with Gasteiger partial charge in [0.05, 0.1) is 25.4 Å². The Morgan fingerprint density at radius 1 is 0.642 bits per heavy atom. The highest BCUT2D eigenvalue weighted by Gasteiger charge is 2.44. The summed E-state index contributed by atoms with van der Waals surface area (Å²) in [5, 5.41) is 75.4. The predicted molar refractivity (Wildman–Crippen MR) is 210 cm³/mol. The van der Waals surface area contributed by atoms with E-state index in [2.05, 4.69) is 31.3 Å². The monoisotopic (exact) mass is 760 g/mol. The van der Waals surface area contributed by atoms with Crippen molar-refractivity contribution in [1.29, 1.82) is 0 Å². The number of hydrogen-bond donors (Lipinski definition) is 8. The third kappa shape index (κ3) is 23.5. The summed E-state index contributed by atoms with van der Waals surface area (Å²) < 4.78 is 11.0. The largest absolute Gasteiger partial charge is 0.394 e. The first-order valence-electron chi connectivity index (χ1n) is 21.6. The number of nitrogens with one attached hydrogen (secondary N) is 1. The first kappa shape index (κ1) is 49.9. The van der Waals surface area contributed by atoms with Gasteiger partial charge in [-0.3, -0.25) is 4.79 Å². The van der Waals surface area contributed by atoms with E-state index in [0.717, 1.165) is 38.5 Å². The quantitative estimate of drug-likeness (QED) is 0.0277. The number of allylic oxidation sites excluding steroid dienone is 2. The van der Waals surface area contributed by atoms with Crippen molar-refractivity contribution < 1.29 is 50.0 Å². The summed E-state index contributed by atoms with van der Waals surface area (Å²) in [6, 6.07) is -1.18. The number of aliphatic hydroxyl groups is 7. The summed E-state index contributed by atoms with van der Waals surface area (Å²) in [4.78, 5) is 13.0. The standard InChI is InChI=1S/C42H81NO10/c1-3-5-7-9-11-13-15-17-18-20-22-24-26-28-30-35(46)41(51)43-33(32-52-42-40(50)39(49)38(48)36(31-44)53-42)37(47)34(45)29-27-25-23-21-19-16-14-12-10-8-6-4-2/h21,23,33-40,42,44-50H,3-20,22,24-32H2,1-2H3,(H,43,51)/b23-21+. The van der Waals surface area contributed by atoms with Gasteiger partial charge in [-0.2, -0.15) is 0 Å². The van der Waals surface area contributed by atoms with Crippen LogP contribution < -0.4 is 5.32 Å². The number of amides is 1. The fraction of sp³-hybridized carbons (Fsp3) is 0.929. The second-order valence-corrected chi connectivity index (χ2v) is 15.4. The van der Waals surface area contributed by atoms with Crippen molar-refractivity contribution in [2.24, 2.45) is 0 Å². The van der Waals surface area contributed by atoms with Crippen molar-refractivity contribution >= 4 is 5.91 Å². The number of unbranched alkanes of at least 4 members (excludes halogenated alkanes) is 21. The summed E-state index contributed by atoms with van der Waals surface area (Å²) in [6.45, 7) is 3.39. The molecule has 0 aromatic rings. The molecule has 1 saturated heterocycles. The molecule has 53 heavy (non-hydrogen) atoms. The molecule has 1 heterocycles. The highest BCUT2D eigenvalue weighted by molar-refractivity contribution is 5.80. The van der Waals surface area contributed by atoms with E-state index in [1.807, 2.05) is 0 Å². The van der Waals surface area contributed by atoms with Crippen LogP contribution in [-0.4, -0.2) is 110 Å². The maximum absolute atomic E-state index is 13.0. The molecule has 0 radical (unpaired) electrons. The SMILES string of the molecule is CCCCCCCCC/C=C/CCCC(O)C(O)C(COC1OC(CO)C(O)C(O)C1O)NC(=O)C(O)CCCCCCCCCCCCCCCC. The lowest BCUT2D eigenvalue weighted by atomic mass is 9.98.